The number of carbonyl (C=O) groups is 1. The Balaban J connectivity index is 2.47. The highest BCUT2D eigenvalue weighted by Gasteiger charge is 2.07. The van der Waals surface area contributed by atoms with E-state index < -0.39 is 0 Å². The van der Waals surface area contributed by atoms with Crippen LogP contribution in [0.15, 0.2) is 24.3 Å². The average Bonchev–Trinajstić information content (AvgIpc) is 2.36. The molecule has 1 aromatic rings. The fourth-order valence-electron chi connectivity index (χ4n) is 1.61. The summed E-state index contributed by atoms with van der Waals surface area (Å²) < 4.78 is 5.25. The van der Waals surface area contributed by atoms with Crippen LogP contribution in [0.5, 0.6) is 5.75 Å². The fraction of sp³-hybridized carbons (Fsp3) is 0.500. The molecule has 0 unspecified atom stereocenters. The maximum Gasteiger partial charge on any atom is 0.220 e. The number of aryl methyl sites for hydroxylation is 1. The van der Waals surface area contributed by atoms with Gasteiger partial charge in [-0.2, -0.15) is 0 Å². The van der Waals surface area contributed by atoms with Gasteiger partial charge in [-0.15, -0.1) is 0 Å². The van der Waals surface area contributed by atoms with E-state index in [1.54, 1.807) is 7.11 Å². The molecule has 3 heteroatoms. The van der Waals surface area contributed by atoms with Crippen molar-refractivity contribution in [1.82, 2.24) is 5.32 Å². The minimum atomic E-state index is 0.102. The van der Waals surface area contributed by atoms with Crippen LogP contribution in [-0.4, -0.2) is 19.1 Å². The third-order valence-electron chi connectivity index (χ3n) is 2.83. The molecule has 0 aliphatic carbocycles. The van der Waals surface area contributed by atoms with Crippen LogP contribution in [0.2, 0.25) is 0 Å². The van der Waals surface area contributed by atoms with Gasteiger partial charge in [-0.05, 0) is 31.4 Å². The molecule has 17 heavy (non-hydrogen) atoms. The first-order chi connectivity index (χ1) is 8.17. The predicted octanol–water partition coefficient (Wildman–Crippen LogP) is 2.54. The Morgan fingerprint density at radius 1 is 1.41 bits per heavy atom. The van der Waals surface area contributed by atoms with E-state index in [1.807, 2.05) is 31.2 Å². The van der Waals surface area contributed by atoms with Gasteiger partial charge >= 0.3 is 0 Å². The molecule has 0 saturated heterocycles. The summed E-state index contributed by atoms with van der Waals surface area (Å²) >= 11 is 0. The number of hydrogen-bond donors (Lipinski definition) is 1. The van der Waals surface area contributed by atoms with Gasteiger partial charge in [-0.1, -0.05) is 25.1 Å². The molecule has 0 radical (unpaired) electrons. The third kappa shape index (κ3) is 4.47. The van der Waals surface area contributed by atoms with Crippen LogP contribution in [0.25, 0.3) is 0 Å². The molecule has 0 aliphatic heterocycles. The lowest BCUT2D eigenvalue weighted by Crippen LogP contribution is -2.32. The molecule has 1 rings (SSSR count). The van der Waals surface area contributed by atoms with E-state index in [-0.39, 0.29) is 11.9 Å². The number of rotatable bonds is 6. The second-order valence-corrected chi connectivity index (χ2v) is 4.19. The van der Waals surface area contributed by atoms with Crippen LogP contribution in [-0.2, 0) is 11.2 Å². The second-order valence-electron chi connectivity index (χ2n) is 4.19. The smallest absolute Gasteiger partial charge is 0.220 e. The molecule has 1 atom stereocenters. The SMILES string of the molecule is CC[C@@H](C)NC(=O)CCc1ccccc1OC. The number of benzene rings is 1. The Morgan fingerprint density at radius 3 is 2.76 bits per heavy atom. The van der Waals surface area contributed by atoms with E-state index in [4.69, 9.17) is 4.74 Å². The topological polar surface area (TPSA) is 38.3 Å². The lowest BCUT2D eigenvalue weighted by Gasteiger charge is -2.12. The molecule has 0 fully saturated rings. The summed E-state index contributed by atoms with van der Waals surface area (Å²) in [5, 5.41) is 2.96. The van der Waals surface area contributed by atoms with Crippen LogP contribution >= 0.6 is 0 Å². The van der Waals surface area contributed by atoms with Gasteiger partial charge in [-0.3, -0.25) is 4.79 Å². The van der Waals surface area contributed by atoms with Crippen molar-refractivity contribution in [2.75, 3.05) is 7.11 Å². The van der Waals surface area contributed by atoms with Crippen LogP contribution < -0.4 is 10.1 Å². The lowest BCUT2D eigenvalue weighted by atomic mass is 10.1. The van der Waals surface area contributed by atoms with Crippen molar-refractivity contribution in [3.05, 3.63) is 29.8 Å². The summed E-state index contributed by atoms with van der Waals surface area (Å²) in [5.41, 5.74) is 1.08. The minimum Gasteiger partial charge on any atom is -0.496 e. The molecule has 0 bridgehead atoms. The molecule has 0 saturated carbocycles. The van der Waals surface area contributed by atoms with Gasteiger partial charge in [-0.25, -0.2) is 0 Å². The quantitative estimate of drug-likeness (QED) is 0.823. The van der Waals surface area contributed by atoms with Crippen molar-refractivity contribution in [2.24, 2.45) is 0 Å². The van der Waals surface area contributed by atoms with Crippen molar-refractivity contribution in [3.63, 3.8) is 0 Å². The molecule has 1 aromatic carbocycles. The molecule has 3 nitrogen and oxygen atoms in total. The summed E-state index contributed by atoms with van der Waals surface area (Å²) in [6, 6.07) is 8.06. The average molecular weight is 235 g/mol. The number of ether oxygens (including phenoxy) is 1. The zero-order valence-corrected chi connectivity index (χ0v) is 10.8. The molecule has 0 aromatic heterocycles. The van der Waals surface area contributed by atoms with E-state index in [2.05, 4.69) is 12.2 Å². The number of nitrogens with one attached hydrogen (secondary N) is 1. The monoisotopic (exact) mass is 235 g/mol. The number of para-hydroxylation sites is 1. The van der Waals surface area contributed by atoms with Gasteiger partial charge in [0.1, 0.15) is 5.75 Å². The highest BCUT2D eigenvalue weighted by molar-refractivity contribution is 5.76. The Hall–Kier alpha value is -1.51. The van der Waals surface area contributed by atoms with Gasteiger partial charge in [0.15, 0.2) is 0 Å². The van der Waals surface area contributed by atoms with Crippen molar-refractivity contribution in [2.45, 2.75) is 39.2 Å². The summed E-state index contributed by atoms with van der Waals surface area (Å²) in [6.07, 6.45) is 2.18. The first-order valence-electron chi connectivity index (χ1n) is 6.08. The standard InChI is InChI=1S/C14H21NO2/c1-4-11(2)15-14(16)10-9-12-7-5-6-8-13(12)17-3/h5-8,11H,4,9-10H2,1-3H3,(H,15,16)/t11-/m1/s1. The zero-order valence-electron chi connectivity index (χ0n) is 10.8. The van der Waals surface area contributed by atoms with Crippen molar-refractivity contribution < 1.29 is 9.53 Å². The van der Waals surface area contributed by atoms with E-state index in [0.29, 0.717) is 12.8 Å². The van der Waals surface area contributed by atoms with E-state index in [1.165, 1.54) is 0 Å². The molecule has 0 aliphatic rings. The summed E-state index contributed by atoms with van der Waals surface area (Å²) in [7, 11) is 1.65. The Labute approximate surface area is 103 Å². The van der Waals surface area contributed by atoms with E-state index >= 15 is 0 Å². The van der Waals surface area contributed by atoms with Crippen LogP contribution in [0, 0.1) is 0 Å². The predicted molar refractivity (Wildman–Crippen MR) is 69.2 cm³/mol. The summed E-state index contributed by atoms with van der Waals surface area (Å²) in [6.45, 7) is 4.08. The highest BCUT2D eigenvalue weighted by atomic mass is 16.5. The second kappa shape index (κ2) is 6.94. The van der Waals surface area contributed by atoms with Crippen molar-refractivity contribution in [1.29, 1.82) is 0 Å². The van der Waals surface area contributed by atoms with Gasteiger partial charge in [0.25, 0.3) is 0 Å². The maximum absolute atomic E-state index is 11.6. The number of carbonyl (C=O) groups excluding carboxylic acids is 1. The van der Waals surface area contributed by atoms with E-state index in [0.717, 1.165) is 17.7 Å². The van der Waals surface area contributed by atoms with Crippen molar-refractivity contribution in [3.8, 4) is 5.75 Å². The maximum atomic E-state index is 11.6. The van der Waals surface area contributed by atoms with Gasteiger partial charge in [0.05, 0.1) is 7.11 Å². The molecule has 94 valence electrons. The number of methoxy groups -OCH3 is 1. The van der Waals surface area contributed by atoms with Crippen LogP contribution in [0.1, 0.15) is 32.3 Å². The highest BCUT2D eigenvalue weighted by Crippen LogP contribution is 2.18. The van der Waals surface area contributed by atoms with Gasteiger partial charge < -0.3 is 10.1 Å². The van der Waals surface area contributed by atoms with Gasteiger partial charge in [0, 0.05) is 12.5 Å². The minimum absolute atomic E-state index is 0.102. The normalized spacial score (nSPS) is 11.9. The zero-order chi connectivity index (χ0) is 12.7. The Morgan fingerprint density at radius 2 is 2.12 bits per heavy atom. The fourth-order valence-corrected chi connectivity index (χ4v) is 1.61. The molecule has 1 amide bonds. The Kier molecular flexibility index (Phi) is 5.53. The van der Waals surface area contributed by atoms with Crippen LogP contribution in [0.4, 0.5) is 0 Å². The van der Waals surface area contributed by atoms with Gasteiger partial charge in [0.2, 0.25) is 5.91 Å². The van der Waals surface area contributed by atoms with Crippen molar-refractivity contribution >= 4 is 5.91 Å². The number of amides is 1. The molecular formula is C14H21NO2. The van der Waals surface area contributed by atoms with Crippen LogP contribution in [0.3, 0.4) is 0 Å². The number of hydrogen-bond acceptors (Lipinski definition) is 2. The summed E-state index contributed by atoms with van der Waals surface area (Å²) in [5.74, 6) is 0.953. The molecular weight excluding hydrogens is 214 g/mol. The largest absolute Gasteiger partial charge is 0.496 e. The third-order valence-corrected chi connectivity index (χ3v) is 2.83. The van der Waals surface area contributed by atoms with E-state index in [9.17, 15) is 4.79 Å². The first-order valence-corrected chi connectivity index (χ1v) is 6.08. The summed E-state index contributed by atoms with van der Waals surface area (Å²) in [4.78, 5) is 11.6. The molecule has 1 N–H and O–H groups in total. The molecule has 0 spiro atoms. The molecule has 0 heterocycles. The lowest BCUT2D eigenvalue weighted by molar-refractivity contribution is -0.121. The first kappa shape index (κ1) is 13.6. The Bertz CT molecular complexity index is 363.